The monoisotopic (exact) mass is 487 g/mol. The zero-order chi connectivity index (χ0) is 25.6. The van der Waals surface area contributed by atoms with E-state index in [2.05, 4.69) is 41.6 Å². The molecule has 0 aliphatic rings. The number of alkyl halides is 2. The van der Waals surface area contributed by atoms with Crippen LogP contribution in [0.3, 0.4) is 0 Å². The van der Waals surface area contributed by atoms with Gasteiger partial charge in [-0.15, -0.1) is 0 Å². The van der Waals surface area contributed by atoms with E-state index in [0.29, 0.717) is 23.8 Å². The molecule has 0 spiro atoms. The first-order valence-corrected chi connectivity index (χ1v) is 11.4. The summed E-state index contributed by atoms with van der Waals surface area (Å²) in [5.41, 5.74) is 7.33. The van der Waals surface area contributed by atoms with Crippen LogP contribution in [0.4, 0.5) is 13.2 Å². The van der Waals surface area contributed by atoms with E-state index in [-0.39, 0.29) is 17.9 Å². The van der Waals surface area contributed by atoms with E-state index in [1.165, 1.54) is 30.6 Å². The molecule has 0 bridgehead atoms. The second-order valence-corrected chi connectivity index (χ2v) is 8.20. The summed E-state index contributed by atoms with van der Waals surface area (Å²) in [6.07, 6.45) is 1.28. The third-order valence-electron chi connectivity index (χ3n) is 4.49. The van der Waals surface area contributed by atoms with Crippen molar-refractivity contribution in [3.63, 3.8) is 0 Å². The molecule has 2 aromatic rings. The van der Waals surface area contributed by atoms with Crippen molar-refractivity contribution in [2.24, 2.45) is 10.9 Å². The fourth-order valence-corrected chi connectivity index (χ4v) is 3.50. The number of carbonyl (C=O) groups excluding carboxylic acids is 1. The fourth-order valence-electron chi connectivity index (χ4n) is 3.21. The lowest BCUT2D eigenvalue weighted by Crippen LogP contribution is -2.11. The first-order chi connectivity index (χ1) is 15.6. The van der Waals surface area contributed by atoms with Crippen LogP contribution in [-0.2, 0) is 24.2 Å². The number of aryl methyl sites for hydroxylation is 1. The maximum atomic E-state index is 14.2. The molecule has 9 heteroatoms. The molecule has 4 N–H and O–H groups in total. The lowest BCUT2D eigenvalue weighted by atomic mass is 9.89. The van der Waals surface area contributed by atoms with Gasteiger partial charge in [-0.25, -0.2) is 4.39 Å². The van der Waals surface area contributed by atoms with Gasteiger partial charge >= 0.3 is 6.61 Å². The number of ether oxygens (including phenoxy) is 1. The molecule has 5 nitrogen and oxygen atoms in total. The second kappa shape index (κ2) is 16.5. The maximum Gasteiger partial charge on any atom is 0.387 e. The molecule has 2 aromatic carbocycles. The lowest BCUT2D eigenvalue weighted by Gasteiger charge is -2.19. The van der Waals surface area contributed by atoms with E-state index < -0.39 is 18.2 Å². The summed E-state index contributed by atoms with van der Waals surface area (Å²) in [5, 5.41) is 5.41. The van der Waals surface area contributed by atoms with Crippen LogP contribution in [-0.4, -0.2) is 38.9 Å². The molecule has 0 fully saturated rings. The SMILES string of the molecule is CCc1cc(OC(F)F)c(F)c(C(C)C)c1CC=O.CN.CN(C)Cc1ccc(SN)cc1. The van der Waals surface area contributed by atoms with Crippen molar-refractivity contribution in [1.29, 1.82) is 0 Å². The van der Waals surface area contributed by atoms with E-state index >= 15 is 0 Å². The van der Waals surface area contributed by atoms with Crippen molar-refractivity contribution < 1.29 is 22.7 Å². The Hall–Kier alpha value is -2.07. The van der Waals surface area contributed by atoms with Crippen LogP contribution >= 0.6 is 11.9 Å². The van der Waals surface area contributed by atoms with Gasteiger partial charge in [0, 0.05) is 17.9 Å². The van der Waals surface area contributed by atoms with Gasteiger partial charge in [-0.3, -0.25) is 5.14 Å². The van der Waals surface area contributed by atoms with Gasteiger partial charge in [0.05, 0.1) is 0 Å². The van der Waals surface area contributed by atoms with E-state index in [0.717, 1.165) is 11.4 Å². The number of benzene rings is 2. The van der Waals surface area contributed by atoms with Crippen LogP contribution in [0.15, 0.2) is 35.2 Å². The summed E-state index contributed by atoms with van der Waals surface area (Å²) < 4.78 is 43.0. The first kappa shape index (κ1) is 30.9. The highest BCUT2D eigenvalue weighted by atomic mass is 32.2. The number of rotatable bonds is 9. The topological polar surface area (TPSA) is 81.6 Å². The Kier molecular flexibility index (Phi) is 15.5. The average molecular weight is 488 g/mol. The molecule has 0 atom stereocenters. The predicted octanol–water partition coefficient (Wildman–Crippen LogP) is 5.14. The normalized spacial score (nSPS) is 10.5. The highest BCUT2D eigenvalue weighted by Gasteiger charge is 2.22. The van der Waals surface area contributed by atoms with Crippen LogP contribution in [0.1, 0.15) is 48.9 Å². The third kappa shape index (κ3) is 10.6. The van der Waals surface area contributed by atoms with Gasteiger partial charge in [-0.1, -0.05) is 32.9 Å². The van der Waals surface area contributed by atoms with Gasteiger partial charge in [0.1, 0.15) is 6.29 Å². The number of nitrogens with two attached hydrogens (primary N) is 2. The van der Waals surface area contributed by atoms with E-state index in [4.69, 9.17) is 5.14 Å². The Morgan fingerprint density at radius 2 is 1.73 bits per heavy atom. The Labute approximate surface area is 199 Å². The summed E-state index contributed by atoms with van der Waals surface area (Å²) in [4.78, 5) is 14.0. The van der Waals surface area contributed by atoms with Crippen LogP contribution in [0, 0.1) is 5.82 Å². The van der Waals surface area contributed by atoms with Gasteiger partial charge in [-0.05, 0) is 85.9 Å². The minimum absolute atomic E-state index is 0.0720. The summed E-state index contributed by atoms with van der Waals surface area (Å²) in [6.45, 7) is 3.22. The van der Waals surface area contributed by atoms with Gasteiger partial charge in [-0.2, -0.15) is 8.78 Å². The number of aldehydes is 1. The Bertz CT molecular complexity index is 833. The molecule has 0 saturated heterocycles. The van der Waals surface area contributed by atoms with Crippen molar-refractivity contribution in [3.05, 3.63) is 58.4 Å². The Morgan fingerprint density at radius 3 is 2.12 bits per heavy atom. The molecule has 0 aliphatic heterocycles. The van der Waals surface area contributed by atoms with Gasteiger partial charge in [0.2, 0.25) is 0 Å². The second-order valence-electron chi connectivity index (χ2n) is 7.50. The third-order valence-corrected chi connectivity index (χ3v) is 5.04. The highest BCUT2D eigenvalue weighted by molar-refractivity contribution is 7.97. The van der Waals surface area contributed by atoms with Crippen molar-refractivity contribution in [1.82, 2.24) is 4.90 Å². The van der Waals surface area contributed by atoms with E-state index in [1.54, 1.807) is 13.8 Å². The minimum atomic E-state index is -3.07. The van der Waals surface area contributed by atoms with Crippen molar-refractivity contribution in [3.8, 4) is 5.75 Å². The molecule has 0 radical (unpaired) electrons. The van der Waals surface area contributed by atoms with Gasteiger partial charge in [0.15, 0.2) is 11.6 Å². The average Bonchev–Trinajstić information content (AvgIpc) is 2.77. The molecule has 2 rings (SSSR count). The molecule has 0 saturated carbocycles. The van der Waals surface area contributed by atoms with Gasteiger partial charge < -0.3 is 20.2 Å². The highest BCUT2D eigenvalue weighted by Crippen LogP contribution is 2.34. The van der Waals surface area contributed by atoms with Gasteiger partial charge in [0.25, 0.3) is 0 Å². The largest absolute Gasteiger partial charge is 0.432 e. The first-order valence-electron chi connectivity index (χ1n) is 10.5. The maximum absolute atomic E-state index is 14.2. The number of hydrogen-bond donors (Lipinski definition) is 2. The molecular formula is C24H36F3N3O2S. The van der Waals surface area contributed by atoms with Crippen molar-refractivity contribution in [2.45, 2.75) is 57.6 Å². The zero-order valence-electron chi connectivity index (χ0n) is 20.2. The van der Waals surface area contributed by atoms with Crippen LogP contribution in [0.25, 0.3) is 0 Å². The Balaban J connectivity index is 0.000000627. The molecule has 0 amide bonds. The lowest BCUT2D eigenvalue weighted by molar-refractivity contribution is -0.107. The number of halogens is 3. The zero-order valence-corrected chi connectivity index (χ0v) is 21.0. The van der Waals surface area contributed by atoms with Crippen molar-refractivity contribution >= 4 is 18.2 Å². The summed E-state index contributed by atoms with van der Waals surface area (Å²) in [6, 6.07) is 9.56. The molecule has 186 valence electrons. The molecule has 0 unspecified atom stereocenters. The quantitative estimate of drug-likeness (QED) is 0.376. The minimum Gasteiger partial charge on any atom is -0.432 e. The van der Waals surface area contributed by atoms with E-state index in [1.807, 2.05) is 19.1 Å². The Morgan fingerprint density at radius 1 is 1.15 bits per heavy atom. The smallest absolute Gasteiger partial charge is 0.387 e. The summed E-state index contributed by atoms with van der Waals surface area (Å²) in [5.74, 6) is -1.48. The molecule has 0 heterocycles. The number of carbonyl (C=O) groups is 1. The number of nitrogens with zero attached hydrogens (tertiary/aromatic N) is 1. The summed E-state index contributed by atoms with van der Waals surface area (Å²) in [7, 11) is 5.62. The van der Waals surface area contributed by atoms with Crippen LogP contribution in [0.5, 0.6) is 5.75 Å². The summed E-state index contributed by atoms with van der Waals surface area (Å²) >= 11 is 1.28. The number of hydrogen-bond acceptors (Lipinski definition) is 6. The van der Waals surface area contributed by atoms with Crippen LogP contribution < -0.4 is 15.6 Å². The standard InChI is InChI=1S/C14H17F3O2.C9H14N2S.CH5N/c1-4-9-7-11(19-14(16)17)13(15)12(8(2)3)10(9)5-6-18;1-11(2)7-8-3-5-9(12-10)6-4-8;1-2/h6-8,14H,4-5H2,1-3H3;3-6H,7,10H2,1-2H3;2H2,1H3. The molecule has 0 aromatic heterocycles. The predicted molar refractivity (Wildman–Crippen MR) is 130 cm³/mol. The fraction of sp³-hybridized carbons (Fsp3) is 0.458. The molecule has 33 heavy (non-hydrogen) atoms. The van der Waals surface area contributed by atoms with Crippen molar-refractivity contribution in [2.75, 3.05) is 21.1 Å². The molecule has 0 aliphatic carbocycles. The van der Waals surface area contributed by atoms with E-state index in [9.17, 15) is 18.0 Å². The van der Waals surface area contributed by atoms with Crippen LogP contribution in [0.2, 0.25) is 0 Å². The molecular weight excluding hydrogens is 451 g/mol.